The number of halogens is 2. The Morgan fingerprint density at radius 2 is 2.15 bits per heavy atom. The fraction of sp³-hybridized carbons (Fsp3) is 0.316. The van der Waals surface area contributed by atoms with E-state index in [1.807, 2.05) is 20.8 Å². The molecule has 2 rings (SSSR count). The normalized spacial score (nSPS) is 12.0. The SMILES string of the molecule is CCOc1cc(C=NNC(=O)c2cccnc2Cl)cc(Cl)c1OC(C)CC. The predicted octanol–water partition coefficient (Wildman–Crippen LogP) is 4.73. The van der Waals surface area contributed by atoms with E-state index in [-0.39, 0.29) is 16.8 Å². The lowest BCUT2D eigenvalue weighted by molar-refractivity contribution is 0.0955. The third-order valence-electron chi connectivity index (χ3n) is 3.61. The lowest BCUT2D eigenvalue weighted by Crippen LogP contribution is -2.18. The summed E-state index contributed by atoms with van der Waals surface area (Å²) in [6, 6.07) is 6.62. The van der Waals surface area contributed by atoms with E-state index in [9.17, 15) is 4.79 Å². The van der Waals surface area contributed by atoms with Crippen LogP contribution in [0.3, 0.4) is 0 Å². The Morgan fingerprint density at radius 3 is 2.81 bits per heavy atom. The number of amides is 1. The molecule has 1 N–H and O–H groups in total. The van der Waals surface area contributed by atoms with Crippen molar-refractivity contribution in [1.29, 1.82) is 0 Å². The van der Waals surface area contributed by atoms with Crippen molar-refractivity contribution in [2.45, 2.75) is 33.3 Å². The summed E-state index contributed by atoms with van der Waals surface area (Å²) < 4.78 is 11.5. The number of nitrogens with zero attached hydrogens (tertiary/aromatic N) is 2. The topological polar surface area (TPSA) is 72.8 Å². The van der Waals surface area contributed by atoms with Crippen LogP contribution < -0.4 is 14.9 Å². The Hall–Kier alpha value is -2.31. The van der Waals surface area contributed by atoms with Gasteiger partial charge in [-0.2, -0.15) is 5.10 Å². The first kappa shape index (κ1) is 21.0. The van der Waals surface area contributed by atoms with Crippen molar-refractivity contribution in [2.24, 2.45) is 5.10 Å². The predicted molar refractivity (Wildman–Crippen MR) is 107 cm³/mol. The maximum absolute atomic E-state index is 12.1. The van der Waals surface area contributed by atoms with E-state index in [0.29, 0.717) is 28.7 Å². The highest BCUT2D eigenvalue weighted by Gasteiger charge is 2.15. The summed E-state index contributed by atoms with van der Waals surface area (Å²) >= 11 is 12.2. The number of pyridine rings is 1. The van der Waals surface area contributed by atoms with Crippen LogP contribution in [0.15, 0.2) is 35.6 Å². The van der Waals surface area contributed by atoms with Crippen molar-refractivity contribution < 1.29 is 14.3 Å². The van der Waals surface area contributed by atoms with Gasteiger partial charge < -0.3 is 9.47 Å². The molecule has 1 aromatic carbocycles. The molecule has 6 nitrogen and oxygen atoms in total. The Kier molecular flexibility index (Phi) is 7.88. The van der Waals surface area contributed by atoms with Crippen molar-refractivity contribution in [3.8, 4) is 11.5 Å². The molecule has 1 unspecified atom stereocenters. The van der Waals surface area contributed by atoms with Crippen molar-refractivity contribution >= 4 is 35.3 Å². The smallest absolute Gasteiger partial charge is 0.274 e. The number of benzene rings is 1. The molecule has 0 saturated heterocycles. The monoisotopic (exact) mass is 409 g/mol. The van der Waals surface area contributed by atoms with Gasteiger partial charge in [0.25, 0.3) is 5.91 Å². The lowest BCUT2D eigenvalue weighted by Gasteiger charge is -2.18. The highest BCUT2D eigenvalue weighted by Crippen LogP contribution is 2.37. The minimum absolute atomic E-state index is 0.00439. The summed E-state index contributed by atoms with van der Waals surface area (Å²) in [4.78, 5) is 15.9. The second kappa shape index (κ2) is 10.1. The lowest BCUT2D eigenvalue weighted by atomic mass is 10.2. The van der Waals surface area contributed by atoms with Gasteiger partial charge in [0.15, 0.2) is 11.5 Å². The van der Waals surface area contributed by atoms with E-state index in [4.69, 9.17) is 32.7 Å². The number of hydrazone groups is 1. The van der Waals surface area contributed by atoms with Gasteiger partial charge in [0.1, 0.15) is 5.15 Å². The van der Waals surface area contributed by atoms with Gasteiger partial charge in [-0.1, -0.05) is 30.1 Å². The number of carbonyl (C=O) groups is 1. The Bertz CT molecular complexity index is 828. The molecule has 0 saturated carbocycles. The first-order chi connectivity index (χ1) is 13.0. The third-order valence-corrected chi connectivity index (χ3v) is 4.19. The quantitative estimate of drug-likeness (QED) is 0.388. The van der Waals surface area contributed by atoms with E-state index in [0.717, 1.165) is 6.42 Å². The molecule has 0 aliphatic carbocycles. The van der Waals surface area contributed by atoms with E-state index in [1.54, 1.807) is 24.3 Å². The Balaban J connectivity index is 2.17. The van der Waals surface area contributed by atoms with Gasteiger partial charge in [0.05, 0.1) is 29.5 Å². The first-order valence-electron chi connectivity index (χ1n) is 8.53. The van der Waals surface area contributed by atoms with E-state index in [1.165, 1.54) is 12.4 Å². The maximum Gasteiger partial charge on any atom is 0.274 e. The van der Waals surface area contributed by atoms with Gasteiger partial charge in [-0.05, 0) is 50.1 Å². The molecule has 1 atom stereocenters. The highest BCUT2D eigenvalue weighted by molar-refractivity contribution is 6.33. The van der Waals surface area contributed by atoms with Gasteiger partial charge in [-0.3, -0.25) is 4.79 Å². The fourth-order valence-electron chi connectivity index (χ4n) is 2.11. The van der Waals surface area contributed by atoms with Gasteiger partial charge in [-0.25, -0.2) is 10.4 Å². The molecule has 1 amide bonds. The van der Waals surface area contributed by atoms with Crippen molar-refractivity contribution in [3.05, 3.63) is 51.8 Å². The van der Waals surface area contributed by atoms with Crippen LogP contribution in [0.25, 0.3) is 0 Å². The fourth-order valence-corrected chi connectivity index (χ4v) is 2.57. The Morgan fingerprint density at radius 1 is 1.37 bits per heavy atom. The molecule has 0 fully saturated rings. The first-order valence-corrected chi connectivity index (χ1v) is 9.28. The van der Waals surface area contributed by atoms with Crippen molar-refractivity contribution in [1.82, 2.24) is 10.4 Å². The van der Waals surface area contributed by atoms with Gasteiger partial charge >= 0.3 is 0 Å². The molecular formula is C19H21Cl2N3O3. The standard InChI is InChI=1S/C19H21Cl2N3O3/c1-4-12(3)27-17-15(20)9-13(10-16(17)26-5-2)11-23-24-19(25)14-7-6-8-22-18(14)21/h6-12H,4-5H2,1-3H3,(H,24,25). The van der Waals surface area contributed by atoms with Gasteiger partial charge in [0, 0.05) is 6.20 Å². The van der Waals surface area contributed by atoms with Crippen LogP contribution in [0.5, 0.6) is 11.5 Å². The number of ether oxygens (including phenoxy) is 2. The summed E-state index contributed by atoms with van der Waals surface area (Å²) in [5.41, 5.74) is 3.29. The minimum Gasteiger partial charge on any atom is -0.490 e. The minimum atomic E-state index is -0.461. The second-order valence-electron chi connectivity index (χ2n) is 5.64. The molecular weight excluding hydrogens is 389 g/mol. The van der Waals surface area contributed by atoms with Crippen LogP contribution in [0.2, 0.25) is 10.2 Å². The molecule has 0 bridgehead atoms. The highest BCUT2D eigenvalue weighted by atomic mass is 35.5. The molecule has 1 heterocycles. The molecule has 2 aromatic rings. The number of aromatic nitrogens is 1. The van der Waals surface area contributed by atoms with Crippen LogP contribution in [0.1, 0.15) is 43.1 Å². The summed E-state index contributed by atoms with van der Waals surface area (Å²) in [6.45, 7) is 6.32. The largest absolute Gasteiger partial charge is 0.490 e. The van der Waals surface area contributed by atoms with Crippen LogP contribution >= 0.6 is 23.2 Å². The van der Waals surface area contributed by atoms with Crippen LogP contribution in [0, 0.1) is 0 Å². The Labute approximate surface area is 168 Å². The molecule has 0 aliphatic heterocycles. The molecule has 27 heavy (non-hydrogen) atoms. The maximum atomic E-state index is 12.1. The number of carbonyl (C=O) groups excluding carboxylic acids is 1. The molecule has 0 spiro atoms. The zero-order valence-corrected chi connectivity index (χ0v) is 16.8. The van der Waals surface area contributed by atoms with Crippen molar-refractivity contribution in [2.75, 3.05) is 6.61 Å². The van der Waals surface area contributed by atoms with E-state index >= 15 is 0 Å². The zero-order valence-electron chi connectivity index (χ0n) is 15.3. The summed E-state index contributed by atoms with van der Waals surface area (Å²) in [7, 11) is 0. The summed E-state index contributed by atoms with van der Waals surface area (Å²) in [5.74, 6) is 0.557. The average molecular weight is 410 g/mol. The van der Waals surface area contributed by atoms with Gasteiger partial charge in [0.2, 0.25) is 0 Å². The van der Waals surface area contributed by atoms with Crippen LogP contribution in [0.4, 0.5) is 0 Å². The number of hydrogen-bond donors (Lipinski definition) is 1. The van der Waals surface area contributed by atoms with Gasteiger partial charge in [-0.15, -0.1) is 0 Å². The van der Waals surface area contributed by atoms with Crippen molar-refractivity contribution in [3.63, 3.8) is 0 Å². The molecule has 0 aliphatic rings. The summed E-state index contributed by atoms with van der Waals surface area (Å²) in [5, 5.41) is 4.46. The molecule has 0 radical (unpaired) electrons. The number of rotatable bonds is 8. The number of nitrogens with one attached hydrogen (secondary N) is 1. The average Bonchev–Trinajstić information content (AvgIpc) is 2.64. The van der Waals surface area contributed by atoms with E-state index in [2.05, 4.69) is 15.5 Å². The number of hydrogen-bond acceptors (Lipinski definition) is 5. The van der Waals surface area contributed by atoms with E-state index < -0.39 is 5.91 Å². The second-order valence-corrected chi connectivity index (χ2v) is 6.41. The van der Waals surface area contributed by atoms with Crippen LogP contribution in [-0.2, 0) is 0 Å². The van der Waals surface area contributed by atoms with Crippen LogP contribution in [-0.4, -0.2) is 29.8 Å². The molecule has 1 aromatic heterocycles. The molecule has 8 heteroatoms. The molecule has 144 valence electrons. The zero-order chi connectivity index (χ0) is 19.8. The third kappa shape index (κ3) is 5.84. The summed E-state index contributed by atoms with van der Waals surface area (Å²) in [6.07, 6.45) is 3.81.